The molecule has 0 bridgehead atoms. The lowest BCUT2D eigenvalue weighted by molar-refractivity contribution is 0.406. The quantitative estimate of drug-likeness (QED) is 0.517. The van der Waals surface area contributed by atoms with Gasteiger partial charge in [-0.25, -0.2) is 23.4 Å². The van der Waals surface area contributed by atoms with Crippen molar-refractivity contribution < 1.29 is 12.8 Å². The maximum Gasteiger partial charge on any atom is 0.238 e. The van der Waals surface area contributed by atoms with Crippen molar-refractivity contribution >= 4 is 15.7 Å². The predicted octanol–water partition coefficient (Wildman–Crippen LogP) is 0.260. The Kier molecular flexibility index (Phi) is 5.24. The highest BCUT2D eigenvalue weighted by Crippen LogP contribution is 2.22. The number of likely N-dealkylation sites (N-methyl/N-ethyl adjacent to an activating group) is 1. The second kappa shape index (κ2) is 6.29. The Morgan fingerprint density at radius 2 is 2.00 bits per heavy atom. The molecule has 1 rings (SSSR count). The van der Waals surface area contributed by atoms with E-state index in [0.717, 1.165) is 12.6 Å². The van der Waals surface area contributed by atoms with Crippen molar-refractivity contribution in [2.24, 2.45) is 5.14 Å². The van der Waals surface area contributed by atoms with E-state index in [-0.39, 0.29) is 10.6 Å². The molecule has 0 aliphatic rings. The van der Waals surface area contributed by atoms with Crippen molar-refractivity contribution in [3.8, 4) is 0 Å². The minimum atomic E-state index is -3.90. The van der Waals surface area contributed by atoms with Gasteiger partial charge in [-0.1, -0.05) is 0 Å². The summed E-state index contributed by atoms with van der Waals surface area (Å²) >= 11 is 0. The van der Waals surface area contributed by atoms with Gasteiger partial charge in [0.1, 0.15) is 5.82 Å². The van der Waals surface area contributed by atoms with Gasteiger partial charge in [0.05, 0.1) is 10.6 Å². The molecule has 0 unspecified atom stereocenters. The highest BCUT2D eigenvalue weighted by Gasteiger charge is 2.14. The molecule has 19 heavy (non-hydrogen) atoms. The molecule has 0 amide bonds. The van der Waals surface area contributed by atoms with Crippen LogP contribution in [-0.4, -0.2) is 40.5 Å². The first-order chi connectivity index (χ1) is 8.71. The van der Waals surface area contributed by atoms with E-state index < -0.39 is 15.8 Å². The summed E-state index contributed by atoms with van der Waals surface area (Å²) in [5.74, 6) is -0.665. The predicted molar refractivity (Wildman–Crippen MR) is 72.7 cm³/mol. The first kappa shape index (κ1) is 15.8. The van der Waals surface area contributed by atoms with E-state index in [1.165, 1.54) is 6.07 Å². The number of hydrogen-bond donors (Lipinski definition) is 3. The van der Waals surface area contributed by atoms with Crippen LogP contribution in [0.15, 0.2) is 17.0 Å². The van der Waals surface area contributed by atoms with Gasteiger partial charge in [-0.15, -0.1) is 0 Å². The zero-order valence-electron chi connectivity index (χ0n) is 11.2. The lowest BCUT2D eigenvalue weighted by Gasteiger charge is -2.15. The van der Waals surface area contributed by atoms with Gasteiger partial charge in [-0.3, -0.25) is 0 Å². The van der Waals surface area contributed by atoms with Crippen LogP contribution in [0.2, 0.25) is 0 Å². The Morgan fingerprint density at radius 1 is 1.37 bits per heavy atom. The maximum absolute atomic E-state index is 13.8. The highest BCUT2D eigenvalue weighted by molar-refractivity contribution is 7.89. The van der Waals surface area contributed by atoms with E-state index in [1.54, 1.807) is 6.92 Å². The third-order valence-electron chi connectivity index (χ3n) is 2.49. The Morgan fingerprint density at radius 3 is 2.47 bits per heavy atom. The van der Waals surface area contributed by atoms with Crippen LogP contribution in [0.1, 0.15) is 5.56 Å². The number of hydrogen-bond acceptors (Lipinski definition) is 5. The van der Waals surface area contributed by atoms with Crippen LogP contribution in [0.25, 0.3) is 0 Å². The second-order valence-electron chi connectivity index (χ2n) is 4.50. The zero-order valence-corrected chi connectivity index (χ0v) is 12.0. The van der Waals surface area contributed by atoms with Crippen molar-refractivity contribution in [1.29, 1.82) is 0 Å². The van der Waals surface area contributed by atoms with Crippen molar-refractivity contribution in [3.05, 3.63) is 23.5 Å². The topological polar surface area (TPSA) is 87.5 Å². The van der Waals surface area contributed by atoms with Gasteiger partial charge in [0.2, 0.25) is 10.0 Å². The molecule has 0 spiro atoms. The van der Waals surface area contributed by atoms with E-state index >= 15 is 0 Å². The summed E-state index contributed by atoms with van der Waals surface area (Å²) in [6, 6.07) is 2.23. The summed E-state index contributed by atoms with van der Waals surface area (Å²) in [5, 5.41) is 4.96. The van der Waals surface area contributed by atoms with E-state index in [1.807, 2.05) is 19.0 Å². The molecule has 0 radical (unpaired) electrons. The molecule has 1 aromatic rings. The smallest absolute Gasteiger partial charge is 0.238 e. The van der Waals surface area contributed by atoms with Crippen LogP contribution >= 0.6 is 0 Å². The van der Waals surface area contributed by atoms with E-state index in [2.05, 4.69) is 10.9 Å². The number of nitrogens with zero attached hydrogens (tertiary/aromatic N) is 1. The van der Waals surface area contributed by atoms with Crippen LogP contribution in [0.5, 0.6) is 0 Å². The zero-order chi connectivity index (χ0) is 14.6. The van der Waals surface area contributed by atoms with Crippen LogP contribution in [0, 0.1) is 12.7 Å². The minimum absolute atomic E-state index is 0.214. The molecule has 0 aliphatic heterocycles. The van der Waals surface area contributed by atoms with Gasteiger partial charge in [-0.2, -0.15) is 0 Å². The number of anilines is 1. The Labute approximate surface area is 112 Å². The fraction of sp³-hybridized carbons (Fsp3) is 0.455. The monoisotopic (exact) mass is 290 g/mol. The van der Waals surface area contributed by atoms with Crippen molar-refractivity contribution in [1.82, 2.24) is 10.3 Å². The van der Waals surface area contributed by atoms with Gasteiger partial charge in [0, 0.05) is 13.1 Å². The van der Waals surface area contributed by atoms with E-state index in [9.17, 15) is 12.8 Å². The molecule has 0 fully saturated rings. The van der Waals surface area contributed by atoms with Crippen LogP contribution < -0.4 is 16.0 Å². The average molecular weight is 290 g/mol. The summed E-state index contributed by atoms with van der Waals surface area (Å²) in [6.45, 7) is 3.00. The maximum atomic E-state index is 13.8. The Bertz CT molecular complexity index is 523. The van der Waals surface area contributed by atoms with Gasteiger partial charge < -0.3 is 10.3 Å². The molecule has 0 atom stereocenters. The minimum Gasteiger partial charge on any atom is -0.319 e. The van der Waals surface area contributed by atoms with Crippen molar-refractivity contribution in [3.63, 3.8) is 0 Å². The fourth-order valence-electron chi connectivity index (χ4n) is 1.47. The van der Waals surface area contributed by atoms with Crippen molar-refractivity contribution in [2.45, 2.75) is 11.8 Å². The SMILES string of the molecule is Cc1cc(S(N)(=O)=O)cc(F)c1NNCCN(C)C. The third kappa shape index (κ3) is 4.75. The van der Waals surface area contributed by atoms with Gasteiger partial charge >= 0.3 is 0 Å². The standard InChI is InChI=1S/C11H19FN4O2S/c1-8-6-9(19(13,17)18)7-10(12)11(8)15-14-4-5-16(2)3/h6-7,14-15H,4-5H2,1-3H3,(H2,13,17,18). The van der Waals surface area contributed by atoms with Crippen LogP contribution in [-0.2, 0) is 10.0 Å². The molecule has 6 nitrogen and oxygen atoms in total. The molecule has 0 aliphatic carbocycles. The Hall–Kier alpha value is -1.22. The number of benzene rings is 1. The van der Waals surface area contributed by atoms with Gasteiger partial charge in [0.15, 0.2) is 0 Å². The number of aryl methyl sites for hydroxylation is 1. The summed E-state index contributed by atoms with van der Waals surface area (Å²) in [7, 11) is -0.0458. The molecule has 1 aromatic carbocycles. The third-order valence-corrected chi connectivity index (χ3v) is 3.38. The molecule has 4 N–H and O–H groups in total. The highest BCUT2D eigenvalue weighted by atomic mass is 32.2. The summed E-state index contributed by atoms with van der Waals surface area (Å²) in [5.41, 5.74) is 6.26. The molecule has 8 heteroatoms. The Balaban J connectivity index is 2.81. The largest absolute Gasteiger partial charge is 0.319 e. The van der Waals surface area contributed by atoms with E-state index in [0.29, 0.717) is 12.1 Å². The summed E-state index contributed by atoms with van der Waals surface area (Å²) in [4.78, 5) is 1.74. The molecule has 0 saturated carbocycles. The number of halogens is 1. The first-order valence-corrected chi connectivity index (χ1v) is 7.23. The number of primary sulfonamides is 1. The number of nitrogens with two attached hydrogens (primary N) is 1. The number of rotatable bonds is 6. The second-order valence-corrected chi connectivity index (χ2v) is 6.06. The van der Waals surface area contributed by atoms with Crippen LogP contribution in [0.4, 0.5) is 10.1 Å². The molecule has 0 saturated heterocycles. The normalized spacial score (nSPS) is 11.9. The number of hydrazine groups is 1. The first-order valence-electron chi connectivity index (χ1n) is 5.68. The lowest BCUT2D eigenvalue weighted by Crippen LogP contribution is -2.31. The molecular formula is C11H19FN4O2S. The summed E-state index contributed by atoms with van der Waals surface area (Å²) < 4.78 is 36.1. The number of sulfonamides is 1. The fourth-order valence-corrected chi connectivity index (χ4v) is 2.07. The molecule has 0 aromatic heterocycles. The average Bonchev–Trinajstić information content (AvgIpc) is 2.25. The number of nitrogens with one attached hydrogen (secondary N) is 2. The molecule has 0 heterocycles. The lowest BCUT2D eigenvalue weighted by atomic mass is 10.2. The molecular weight excluding hydrogens is 271 g/mol. The molecule has 108 valence electrons. The van der Waals surface area contributed by atoms with Crippen molar-refractivity contribution in [2.75, 3.05) is 32.6 Å². The van der Waals surface area contributed by atoms with Gasteiger partial charge in [0.25, 0.3) is 0 Å². The van der Waals surface area contributed by atoms with Gasteiger partial charge in [-0.05, 0) is 38.7 Å². The summed E-state index contributed by atoms with van der Waals surface area (Å²) in [6.07, 6.45) is 0. The van der Waals surface area contributed by atoms with E-state index in [4.69, 9.17) is 5.14 Å². The van der Waals surface area contributed by atoms with Crippen LogP contribution in [0.3, 0.4) is 0 Å².